The maximum atomic E-state index is 2.48. The fourth-order valence-corrected chi connectivity index (χ4v) is 7.55. The molecule has 2 nitrogen and oxygen atoms in total. The lowest BCUT2D eigenvalue weighted by molar-refractivity contribution is 1.15. The van der Waals surface area contributed by atoms with Gasteiger partial charge in [-0.05, 0) is 48.5 Å². The first-order chi connectivity index (χ1) is 19.4. The van der Waals surface area contributed by atoms with Gasteiger partial charge in [-0.25, -0.2) is 0 Å². The highest BCUT2D eigenvalue weighted by molar-refractivity contribution is 7.25. The monoisotopic (exact) mass is 514 g/mol. The first-order valence-electron chi connectivity index (χ1n) is 13.3. The highest BCUT2D eigenvalue weighted by atomic mass is 32.1. The second-order valence-corrected chi connectivity index (χ2v) is 11.3. The number of hydrogen-bond donors (Lipinski definition) is 0. The molecule has 0 bridgehead atoms. The van der Waals surface area contributed by atoms with E-state index in [2.05, 4.69) is 143 Å². The molecular weight excluding hydrogens is 492 g/mol. The molecule has 0 fully saturated rings. The van der Waals surface area contributed by atoms with Crippen molar-refractivity contribution in [3.05, 3.63) is 133 Å². The lowest BCUT2D eigenvalue weighted by atomic mass is 10.1. The van der Waals surface area contributed by atoms with Gasteiger partial charge in [0.25, 0.3) is 0 Å². The van der Waals surface area contributed by atoms with Crippen LogP contribution in [-0.2, 0) is 0 Å². The van der Waals surface area contributed by atoms with Gasteiger partial charge in [0.1, 0.15) is 0 Å². The quantitative estimate of drug-likeness (QED) is 0.217. The van der Waals surface area contributed by atoms with Crippen LogP contribution in [0.1, 0.15) is 0 Å². The maximum absolute atomic E-state index is 2.48. The third kappa shape index (κ3) is 2.85. The molecule has 3 aromatic heterocycles. The third-order valence-corrected chi connectivity index (χ3v) is 9.25. The van der Waals surface area contributed by atoms with Gasteiger partial charge in [0.2, 0.25) is 0 Å². The van der Waals surface area contributed by atoms with Crippen molar-refractivity contribution in [1.82, 2.24) is 9.13 Å². The van der Waals surface area contributed by atoms with E-state index in [1.807, 2.05) is 11.3 Å². The summed E-state index contributed by atoms with van der Waals surface area (Å²) in [5.41, 5.74) is 7.30. The molecule has 0 aliphatic carbocycles. The molecule has 9 rings (SSSR count). The summed E-state index contributed by atoms with van der Waals surface area (Å²) in [6.45, 7) is 0. The van der Waals surface area contributed by atoms with E-state index >= 15 is 0 Å². The second-order valence-electron chi connectivity index (χ2n) is 10.2. The first-order valence-corrected chi connectivity index (χ1v) is 14.1. The summed E-state index contributed by atoms with van der Waals surface area (Å²) < 4.78 is 7.58. The van der Waals surface area contributed by atoms with Crippen molar-refractivity contribution in [2.75, 3.05) is 0 Å². The molecule has 0 spiro atoms. The molecule has 0 aliphatic heterocycles. The predicted octanol–water partition coefficient (Wildman–Crippen LogP) is 10.2. The van der Waals surface area contributed by atoms with Gasteiger partial charge in [0.15, 0.2) is 0 Å². The predicted molar refractivity (Wildman–Crippen MR) is 168 cm³/mol. The summed E-state index contributed by atoms with van der Waals surface area (Å²) in [5, 5.41) is 7.73. The minimum Gasteiger partial charge on any atom is -0.307 e. The van der Waals surface area contributed by atoms with Gasteiger partial charge < -0.3 is 9.13 Å². The van der Waals surface area contributed by atoms with Gasteiger partial charge in [-0.1, -0.05) is 84.9 Å². The van der Waals surface area contributed by atoms with Crippen LogP contribution in [0, 0.1) is 0 Å². The van der Waals surface area contributed by atoms with Gasteiger partial charge in [-0.2, -0.15) is 0 Å². The summed E-state index contributed by atoms with van der Waals surface area (Å²) in [5.74, 6) is 0. The summed E-state index contributed by atoms with van der Waals surface area (Å²) in [4.78, 5) is 0. The van der Waals surface area contributed by atoms with Crippen molar-refractivity contribution in [3.8, 4) is 11.4 Å². The van der Waals surface area contributed by atoms with E-state index in [-0.39, 0.29) is 0 Å². The zero-order chi connectivity index (χ0) is 25.5. The number of benzene rings is 6. The van der Waals surface area contributed by atoms with Crippen LogP contribution in [0.4, 0.5) is 0 Å². The molecule has 0 saturated carbocycles. The van der Waals surface area contributed by atoms with Crippen molar-refractivity contribution in [3.63, 3.8) is 0 Å². The van der Waals surface area contributed by atoms with Gasteiger partial charge in [0.05, 0.1) is 22.1 Å². The Morgan fingerprint density at radius 3 is 1.59 bits per heavy atom. The minimum absolute atomic E-state index is 1.17. The normalized spacial score (nSPS) is 12.1. The third-order valence-electron chi connectivity index (χ3n) is 8.10. The topological polar surface area (TPSA) is 9.86 Å². The van der Waals surface area contributed by atoms with Crippen LogP contribution in [-0.4, -0.2) is 9.13 Å². The zero-order valence-corrected chi connectivity index (χ0v) is 21.8. The Hall–Kier alpha value is -4.86. The van der Waals surface area contributed by atoms with Crippen LogP contribution >= 0.6 is 11.3 Å². The number of fused-ring (bicyclic) bond motifs is 10. The lowest BCUT2D eigenvalue weighted by Gasteiger charge is -2.12. The van der Waals surface area contributed by atoms with Crippen LogP contribution in [0.15, 0.2) is 133 Å². The van der Waals surface area contributed by atoms with Crippen molar-refractivity contribution >= 4 is 75.1 Å². The van der Waals surface area contributed by atoms with Crippen LogP contribution < -0.4 is 0 Å². The standard InChI is InChI=1S/C36H22N2S/c1-2-10-23(11-3-1)37-31-15-7-4-12-25(31)28-19-20-29-26-13-5-8-16-32(26)38(36(29)35(28)37)24-18-21-34-30(22-24)27-14-6-9-17-33(27)39-34/h1-22H. The molecule has 182 valence electrons. The number of aromatic nitrogens is 2. The Labute approximate surface area is 228 Å². The van der Waals surface area contributed by atoms with E-state index in [9.17, 15) is 0 Å². The molecule has 0 aliphatic rings. The first kappa shape index (κ1) is 21.1. The summed E-state index contributed by atoms with van der Waals surface area (Å²) >= 11 is 1.87. The Balaban J connectivity index is 1.51. The van der Waals surface area contributed by atoms with Crippen LogP contribution in [0.25, 0.3) is 75.2 Å². The van der Waals surface area contributed by atoms with Crippen LogP contribution in [0.3, 0.4) is 0 Å². The molecule has 3 heteroatoms. The van der Waals surface area contributed by atoms with Crippen molar-refractivity contribution < 1.29 is 0 Å². The molecule has 0 N–H and O–H groups in total. The van der Waals surface area contributed by atoms with E-state index in [1.54, 1.807) is 0 Å². The highest BCUT2D eigenvalue weighted by Crippen LogP contribution is 2.42. The van der Waals surface area contributed by atoms with Gasteiger partial charge in [0, 0.05) is 53.1 Å². The Morgan fingerprint density at radius 2 is 0.897 bits per heavy atom. The molecule has 0 unspecified atom stereocenters. The number of rotatable bonds is 2. The highest BCUT2D eigenvalue weighted by Gasteiger charge is 2.21. The Morgan fingerprint density at radius 1 is 0.359 bits per heavy atom. The van der Waals surface area contributed by atoms with Gasteiger partial charge in [-0.15, -0.1) is 11.3 Å². The molecule has 3 heterocycles. The summed E-state index contributed by atoms with van der Waals surface area (Å²) in [6.07, 6.45) is 0. The summed E-state index contributed by atoms with van der Waals surface area (Å²) in [6, 6.07) is 48.7. The Kier molecular flexibility index (Phi) is 4.24. The average molecular weight is 515 g/mol. The van der Waals surface area contributed by atoms with E-state index in [1.165, 1.54) is 75.2 Å². The van der Waals surface area contributed by atoms with Crippen molar-refractivity contribution in [1.29, 1.82) is 0 Å². The average Bonchev–Trinajstić information content (AvgIpc) is 3.65. The van der Waals surface area contributed by atoms with E-state index < -0.39 is 0 Å². The fourth-order valence-electron chi connectivity index (χ4n) is 6.47. The number of thiophene rings is 1. The molecule has 6 aromatic carbocycles. The zero-order valence-electron chi connectivity index (χ0n) is 21.0. The maximum Gasteiger partial charge on any atom is 0.0788 e. The van der Waals surface area contributed by atoms with Gasteiger partial charge >= 0.3 is 0 Å². The molecule has 0 atom stereocenters. The molecule has 0 saturated heterocycles. The second kappa shape index (κ2) is 7.83. The van der Waals surface area contributed by atoms with Crippen LogP contribution in [0.5, 0.6) is 0 Å². The van der Waals surface area contributed by atoms with Crippen molar-refractivity contribution in [2.24, 2.45) is 0 Å². The SMILES string of the molecule is c1ccc(-n2c3ccccc3c3ccc4c5ccccc5n(-c5ccc6sc7ccccc7c6c5)c4c32)cc1. The molecular formula is C36H22N2S. The van der Waals surface area contributed by atoms with Crippen molar-refractivity contribution in [2.45, 2.75) is 0 Å². The van der Waals surface area contributed by atoms with E-state index in [4.69, 9.17) is 0 Å². The smallest absolute Gasteiger partial charge is 0.0788 e. The van der Waals surface area contributed by atoms with Crippen LogP contribution in [0.2, 0.25) is 0 Å². The number of hydrogen-bond acceptors (Lipinski definition) is 1. The lowest BCUT2D eigenvalue weighted by Crippen LogP contribution is -1.98. The number of para-hydroxylation sites is 3. The van der Waals surface area contributed by atoms with Gasteiger partial charge in [-0.3, -0.25) is 0 Å². The summed E-state index contributed by atoms with van der Waals surface area (Å²) in [7, 11) is 0. The number of nitrogens with zero attached hydrogens (tertiary/aromatic N) is 2. The van der Waals surface area contributed by atoms with E-state index in [0.717, 1.165) is 0 Å². The molecule has 0 amide bonds. The molecule has 0 radical (unpaired) electrons. The Bertz CT molecular complexity index is 2390. The molecule has 39 heavy (non-hydrogen) atoms. The largest absolute Gasteiger partial charge is 0.307 e. The fraction of sp³-hybridized carbons (Fsp3) is 0. The molecule has 9 aromatic rings. The minimum atomic E-state index is 1.17. The van der Waals surface area contributed by atoms with E-state index in [0.29, 0.717) is 0 Å².